The van der Waals surface area contributed by atoms with Crippen LogP contribution in [-0.4, -0.2) is 68.0 Å². The predicted octanol–water partition coefficient (Wildman–Crippen LogP) is 2.72. The third kappa shape index (κ3) is 6.55. The summed E-state index contributed by atoms with van der Waals surface area (Å²) < 4.78 is 5.24. The largest absolute Gasteiger partial charge is 0.497 e. The number of guanidine groups is 1. The third-order valence-corrected chi connectivity index (χ3v) is 4.86. The quantitative estimate of drug-likeness (QED) is 0.394. The van der Waals surface area contributed by atoms with Crippen molar-refractivity contribution in [1.82, 2.24) is 15.1 Å². The van der Waals surface area contributed by atoms with E-state index < -0.39 is 0 Å². The molecule has 0 aliphatic carbocycles. The zero-order valence-electron chi connectivity index (χ0n) is 17.1. The van der Waals surface area contributed by atoms with Gasteiger partial charge in [-0.25, -0.2) is 0 Å². The number of aliphatic imine (C=N–C) groups is 1. The van der Waals surface area contributed by atoms with Gasteiger partial charge in [-0.1, -0.05) is 26.0 Å². The summed E-state index contributed by atoms with van der Waals surface area (Å²) in [5.41, 5.74) is 1.16. The van der Waals surface area contributed by atoms with Gasteiger partial charge >= 0.3 is 0 Å². The molecule has 0 aromatic heterocycles. The highest BCUT2D eigenvalue weighted by Gasteiger charge is 2.24. The van der Waals surface area contributed by atoms with Gasteiger partial charge in [-0.15, -0.1) is 24.0 Å². The Kier molecular flexibility index (Phi) is 9.35. The Bertz CT molecular complexity index is 623. The fourth-order valence-corrected chi connectivity index (χ4v) is 3.06. The van der Waals surface area contributed by atoms with E-state index in [1.54, 1.807) is 14.0 Å². The van der Waals surface area contributed by atoms with Crippen LogP contribution >= 0.6 is 24.0 Å². The van der Waals surface area contributed by atoms with Crippen molar-refractivity contribution in [2.24, 2.45) is 4.99 Å². The maximum atomic E-state index is 11.5. The topological polar surface area (TPSA) is 57.2 Å². The first kappa shape index (κ1) is 23.5. The molecule has 152 valence electrons. The van der Waals surface area contributed by atoms with Gasteiger partial charge in [0.2, 0.25) is 5.91 Å². The van der Waals surface area contributed by atoms with Crippen molar-refractivity contribution < 1.29 is 9.53 Å². The SMILES string of the molecule is CCNC(=NCC(C)(C)c1ccc(OC)cc1)N1CCN(C(C)=O)CC1.I. The number of halogens is 1. The van der Waals surface area contributed by atoms with E-state index in [0.29, 0.717) is 6.54 Å². The van der Waals surface area contributed by atoms with Crippen LogP contribution in [0.2, 0.25) is 0 Å². The number of hydrogen-bond donors (Lipinski definition) is 1. The van der Waals surface area contributed by atoms with Gasteiger partial charge in [0.25, 0.3) is 0 Å². The molecule has 7 heteroatoms. The van der Waals surface area contributed by atoms with Crippen molar-refractivity contribution in [1.29, 1.82) is 0 Å². The first-order valence-electron chi connectivity index (χ1n) is 9.30. The first-order valence-corrected chi connectivity index (χ1v) is 9.30. The molecule has 1 aromatic carbocycles. The monoisotopic (exact) mass is 488 g/mol. The molecule has 1 N–H and O–H groups in total. The lowest BCUT2D eigenvalue weighted by Crippen LogP contribution is -2.53. The van der Waals surface area contributed by atoms with Crippen LogP contribution in [0, 0.1) is 0 Å². The second kappa shape index (κ2) is 10.7. The maximum Gasteiger partial charge on any atom is 0.219 e. The van der Waals surface area contributed by atoms with Crippen LogP contribution in [0.15, 0.2) is 29.3 Å². The Morgan fingerprint density at radius 1 is 1.15 bits per heavy atom. The molecule has 1 heterocycles. The van der Waals surface area contributed by atoms with Gasteiger partial charge in [-0.3, -0.25) is 9.79 Å². The molecule has 1 fully saturated rings. The number of ether oxygens (including phenoxy) is 1. The summed E-state index contributed by atoms with van der Waals surface area (Å²) in [5.74, 6) is 1.94. The lowest BCUT2D eigenvalue weighted by molar-refractivity contribution is -0.130. The average Bonchev–Trinajstić information content (AvgIpc) is 2.65. The van der Waals surface area contributed by atoms with Gasteiger partial charge in [0.1, 0.15) is 5.75 Å². The second-order valence-electron chi connectivity index (χ2n) is 7.28. The van der Waals surface area contributed by atoms with Crippen molar-refractivity contribution >= 4 is 35.8 Å². The van der Waals surface area contributed by atoms with Gasteiger partial charge < -0.3 is 19.9 Å². The summed E-state index contributed by atoms with van der Waals surface area (Å²) in [4.78, 5) is 20.5. The normalized spacial score (nSPS) is 15.2. The van der Waals surface area contributed by atoms with E-state index in [9.17, 15) is 4.79 Å². The van der Waals surface area contributed by atoms with Crippen LogP contribution in [0.5, 0.6) is 5.75 Å². The second-order valence-corrected chi connectivity index (χ2v) is 7.28. The lowest BCUT2D eigenvalue weighted by Gasteiger charge is -2.36. The van der Waals surface area contributed by atoms with Gasteiger partial charge in [0, 0.05) is 45.1 Å². The highest BCUT2D eigenvalue weighted by molar-refractivity contribution is 14.0. The summed E-state index contributed by atoms with van der Waals surface area (Å²) >= 11 is 0. The van der Waals surface area contributed by atoms with Crippen molar-refractivity contribution in [3.63, 3.8) is 0 Å². The predicted molar refractivity (Wildman–Crippen MR) is 121 cm³/mol. The smallest absolute Gasteiger partial charge is 0.219 e. The molecule has 1 aliphatic heterocycles. The van der Waals surface area contributed by atoms with E-state index >= 15 is 0 Å². The number of amides is 1. The molecule has 2 rings (SSSR count). The van der Waals surface area contributed by atoms with Crippen LogP contribution in [0.4, 0.5) is 0 Å². The maximum absolute atomic E-state index is 11.5. The minimum absolute atomic E-state index is 0. The van der Waals surface area contributed by atoms with E-state index in [1.807, 2.05) is 17.0 Å². The fraction of sp³-hybridized carbons (Fsp3) is 0.600. The molecule has 1 saturated heterocycles. The van der Waals surface area contributed by atoms with Crippen molar-refractivity contribution in [2.45, 2.75) is 33.1 Å². The van der Waals surface area contributed by atoms with Crippen molar-refractivity contribution in [3.05, 3.63) is 29.8 Å². The Morgan fingerprint density at radius 2 is 1.70 bits per heavy atom. The van der Waals surface area contributed by atoms with E-state index in [0.717, 1.165) is 44.4 Å². The van der Waals surface area contributed by atoms with E-state index in [2.05, 4.69) is 43.1 Å². The van der Waals surface area contributed by atoms with E-state index in [-0.39, 0.29) is 35.3 Å². The van der Waals surface area contributed by atoms with Crippen LogP contribution in [0.1, 0.15) is 33.3 Å². The van der Waals surface area contributed by atoms with Crippen LogP contribution in [-0.2, 0) is 10.2 Å². The number of benzene rings is 1. The molecule has 0 radical (unpaired) electrons. The van der Waals surface area contributed by atoms with Crippen LogP contribution in [0.25, 0.3) is 0 Å². The lowest BCUT2D eigenvalue weighted by atomic mass is 9.85. The van der Waals surface area contributed by atoms with E-state index in [1.165, 1.54) is 5.56 Å². The molecular weight excluding hydrogens is 455 g/mol. The number of nitrogens with zero attached hydrogens (tertiary/aromatic N) is 3. The zero-order valence-corrected chi connectivity index (χ0v) is 19.4. The molecule has 0 saturated carbocycles. The number of piperazine rings is 1. The molecule has 27 heavy (non-hydrogen) atoms. The summed E-state index contributed by atoms with van der Waals surface area (Å²) in [6.45, 7) is 12.8. The minimum atomic E-state index is -0.0752. The van der Waals surface area contributed by atoms with Crippen LogP contribution in [0.3, 0.4) is 0 Å². The van der Waals surface area contributed by atoms with Gasteiger partial charge in [0.15, 0.2) is 5.96 Å². The van der Waals surface area contributed by atoms with Crippen molar-refractivity contribution in [2.75, 3.05) is 46.4 Å². The fourth-order valence-electron chi connectivity index (χ4n) is 3.06. The molecular formula is C20H33IN4O2. The summed E-state index contributed by atoms with van der Waals surface area (Å²) in [7, 11) is 1.68. The van der Waals surface area contributed by atoms with Crippen LogP contribution < -0.4 is 10.1 Å². The molecule has 0 unspecified atom stereocenters. The zero-order chi connectivity index (χ0) is 19.2. The third-order valence-electron chi connectivity index (χ3n) is 4.86. The summed E-state index contributed by atoms with van der Waals surface area (Å²) in [6, 6.07) is 8.19. The van der Waals surface area contributed by atoms with Gasteiger partial charge in [-0.2, -0.15) is 0 Å². The van der Waals surface area contributed by atoms with Crippen molar-refractivity contribution in [3.8, 4) is 5.75 Å². The average molecular weight is 488 g/mol. The van der Waals surface area contributed by atoms with E-state index in [4.69, 9.17) is 9.73 Å². The minimum Gasteiger partial charge on any atom is -0.497 e. The Balaban J connectivity index is 0.00000364. The Morgan fingerprint density at radius 3 is 2.19 bits per heavy atom. The summed E-state index contributed by atoms with van der Waals surface area (Å²) in [6.07, 6.45) is 0. The number of nitrogens with one attached hydrogen (secondary N) is 1. The molecule has 1 amide bonds. The first-order chi connectivity index (χ1) is 12.4. The number of hydrogen-bond acceptors (Lipinski definition) is 3. The number of carbonyl (C=O) groups is 1. The molecule has 0 bridgehead atoms. The number of methoxy groups -OCH3 is 1. The molecule has 1 aromatic rings. The number of carbonyl (C=O) groups excluding carboxylic acids is 1. The highest BCUT2D eigenvalue weighted by atomic mass is 127. The summed E-state index contributed by atoms with van der Waals surface area (Å²) in [5, 5.41) is 3.39. The standard InChI is InChI=1S/C20H32N4O2.HI/c1-6-21-19(24-13-11-23(12-14-24)16(2)25)22-15-20(3,4)17-7-9-18(26-5)10-8-17;/h7-10H,6,11-15H2,1-5H3,(H,21,22);1H. The molecule has 1 aliphatic rings. The highest BCUT2D eigenvalue weighted by Crippen LogP contribution is 2.25. The van der Waals surface area contributed by atoms with Gasteiger partial charge in [0.05, 0.1) is 13.7 Å². The molecule has 6 nitrogen and oxygen atoms in total. The Hall–Kier alpha value is -1.51. The number of rotatable bonds is 5. The van der Waals surface area contributed by atoms with Gasteiger partial charge in [-0.05, 0) is 24.6 Å². The molecule has 0 atom stereocenters. The molecule has 0 spiro atoms. The Labute approximate surface area is 180 Å².